The molecule has 1 fully saturated rings. The molecular formula is C16H30N2O4. The number of amides is 1. The molecule has 22 heavy (non-hydrogen) atoms. The molecule has 0 aromatic rings. The number of carbonyl (C=O) groups is 1. The molecule has 0 radical (unpaired) electrons. The minimum Gasteiger partial charge on any atom is -0.444 e. The number of aliphatic imine (C=N–C) groups is 1. The standard InChI is InChI=1S/C16H30N2O4/c1-6-16(20,9-7-10-17-5)21-12-13-8-11-18(13)14(19)22-15(2,3)4/h10,13,20H,6-9,11-12H2,1-5H3/t13-,16?/m0/s1. The van der Waals surface area contributed by atoms with E-state index in [1.807, 2.05) is 27.7 Å². The van der Waals surface area contributed by atoms with Crippen molar-refractivity contribution in [1.82, 2.24) is 4.90 Å². The summed E-state index contributed by atoms with van der Waals surface area (Å²) < 4.78 is 11.0. The minimum atomic E-state index is -1.16. The van der Waals surface area contributed by atoms with Crippen LogP contribution in [0.2, 0.25) is 0 Å². The van der Waals surface area contributed by atoms with Gasteiger partial charge in [0.15, 0.2) is 5.79 Å². The molecule has 0 aromatic heterocycles. The van der Waals surface area contributed by atoms with Crippen LogP contribution in [0.5, 0.6) is 0 Å². The molecule has 0 aromatic carbocycles. The topological polar surface area (TPSA) is 71.4 Å². The lowest BCUT2D eigenvalue weighted by Gasteiger charge is -2.42. The number of rotatable bonds is 7. The van der Waals surface area contributed by atoms with Gasteiger partial charge in [0.2, 0.25) is 0 Å². The van der Waals surface area contributed by atoms with Crippen LogP contribution in [-0.4, -0.2) is 59.9 Å². The summed E-state index contributed by atoms with van der Waals surface area (Å²) in [5, 5.41) is 10.4. The molecule has 1 saturated heterocycles. The van der Waals surface area contributed by atoms with E-state index in [2.05, 4.69) is 4.99 Å². The van der Waals surface area contributed by atoms with Crippen molar-refractivity contribution in [3.05, 3.63) is 0 Å². The summed E-state index contributed by atoms with van der Waals surface area (Å²) in [5.74, 6) is -1.16. The number of likely N-dealkylation sites (tertiary alicyclic amines) is 1. The first-order valence-corrected chi connectivity index (χ1v) is 7.97. The van der Waals surface area contributed by atoms with Gasteiger partial charge >= 0.3 is 6.09 Å². The summed E-state index contributed by atoms with van der Waals surface area (Å²) in [6.45, 7) is 8.43. The number of hydrogen-bond acceptors (Lipinski definition) is 5. The van der Waals surface area contributed by atoms with Crippen LogP contribution in [0.4, 0.5) is 4.79 Å². The van der Waals surface area contributed by atoms with Crippen molar-refractivity contribution in [3.8, 4) is 0 Å². The van der Waals surface area contributed by atoms with E-state index in [1.54, 1.807) is 18.2 Å². The maximum absolute atomic E-state index is 12.0. The molecule has 1 amide bonds. The van der Waals surface area contributed by atoms with Crippen LogP contribution in [0.1, 0.15) is 53.4 Å². The minimum absolute atomic E-state index is 0.0206. The first-order valence-electron chi connectivity index (χ1n) is 7.97. The van der Waals surface area contributed by atoms with E-state index < -0.39 is 11.4 Å². The molecule has 1 rings (SSSR count). The van der Waals surface area contributed by atoms with Crippen molar-refractivity contribution in [3.63, 3.8) is 0 Å². The van der Waals surface area contributed by atoms with Crippen molar-refractivity contribution < 1.29 is 19.4 Å². The lowest BCUT2D eigenvalue weighted by molar-refractivity contribution is -0.219. The second-order valence-corrected chi connectivity index (χ2v) is 6.71. The van der Waals surface area contributed by atoms with Crippen molar-refractivity contribution in [2.24, 2.45) is 4.99 Å². The van der Waals surface area contributed by atoms with E-state index in [4.69, 9.17) is 9.47 Å². The summed E-state index contributed by atoms with van der Waals surface area (Å²) in [4.78, 5) is 17.6. The Kier molecular flexibility index (Phi) is 6.81. The Morgan fingerprint density at radius 3 is 2.59 bits per heavy atom. The van der Waals surface area contributed by atoms with Gasteiger partial charge in [0.1, 0.15) is 5.60 Å². The Hall–Kier alpha value is -1.14. The van der Waals surface area contributed by atoms with Crippen LogP contribution in [0.3, 0.4) is 0 Å². The summed E-state index contributed by atoms with van der Waals surface area (Å²) >= 11 is 0. The van der Waals surface area contributed by atoms with E-state index >= 15 is 0 Å². The maximum atomic E-state index is 12.0. The van der Waals surface area contributed by atoms with E-state index in [-0.39, 0.29) is 12.1 Å². The predicted molar refractivity (Wildman–Crippen MR) is 86.2 cm³/mol. The zero-order valence-corrected chi connectivity index (χ0v) is 14.5. The number of aliphatic hydroxyl groups is 1. The molecule has 1 aliphatic rings. The fourth-order valence-electron chi connectivity index (χ4n) is 2.20. The van der Waals surface area contributed by atoms with Crippen molar-refractivity contribution >= 4 is 12.3 Å². The highest BCUT2D eigenvalue weighted by molar-refractivity contribution is 5.69. The van der Waals surface area contributed by atoms with Crippen molar-refractivity contribution in [1.29, 1.82) is 0 Å². The van der Waals surface area contributed by atoms with Gasteiger partial charge < -0.3 is 24.5 Å². The van der Waals surface area contributed by atoms with Gasteiger partial charge in [-0.1, -0.05) is 6.92 Å². The molecular weight excluding hydrogens is 284 g/mol. The first-order chi connectivity index (χ1) is 10.2. The normalized spacial score (nSPS) is 21.5. The zero-order valence-electron chi connectivity index (χ0n) is 14.5. The van der Waals surface area contributed by atoms with Crippen LogP contribution in [0.15, 0.2) is 4.99 Å². The Balaban J connectivity index is 2.44. The second-order valence-electron chi connectivity index (χ2n) is 6.71. The van der Waals surface area contributed by atoms with E-state index in [9.17, 15) is 9.90 Å². The number of ether oxygens (including phenoxy) is 2. The molecule has 0 aliphatic carbocycles. The van der Waals surface area contributed by atoms with Gasteiger partial charge in [0.25, 0.3) is 0 Å². The molecule has 1 unspecified atom stereocenters. The SMILES string of the molecule is CCC(O)(CCC=NC)OC[C@@H]1CCN1C(=O)OC(C)(C)C. The Labute approximate surface area is 133 Å². The van der Waals surface area contributed by atoms with Crippen LogP contribution < -0.4 is 0 Å². The van der Waals surface area contributed by atoms with Gasteiger partial charge in [-0.05, 0) is 46.2 Å². The monoisotopic (exact) mass is 314 g/mol. The number of nitrogens with zero attached hydrogens (tertiary/aromatic N) is 2. The molecule has 128 valence electrons. The molecule has 0 saturated carbocycles. The molecule has 1 aliphatic heterocycles. The van der Waals surface area contributed by atoms with Gasteiger partial charge in [0.05, 0.1) is 12.6 Å². The molecule has 0 bridgehead atoms. The highest BCUT2D eigenvalue weighted by atomic mass is 16.6. The Morgan fingerprint density at radius 2 is 2.14 bits per heavy atom. The second kappa shape index (κ2) is 7.92. The lowest BCUT2D eigenvalue weighted by atomic mass is 10.0. The van der Waals surface area contributed by atoms with E-state index in [0.29, 0.717) is 32.4 Å². The smallest absolute Gasteiger partial charge is 0.410 e. The fourth-order valence-corrected chi connectivity index (χ4v) is 2.20. The van der Waals surface area contributed by atoms with Crippen molar-refractivity contribution in [2.75, 3.05) is 20.2 Å². The third-order valence-electron chi connectivity index (χ3n) is 3.72. The third-order valence-corrected chi connectivity index (χ3v) is 3.72. The van der Waals surface area contributed by atoms with E-state index in [0.717, 1.165) is 6.42 Å². The number of carbonyl (C=O) groups excluding carboxylic acids is 1. The van der Waals surface area contributed by atoms with Crippen molar-refractivity contribution in [2.45, 2.75) is 70.8 Å². The van der Waals surface area contributed by atoms with E-state index in [1.165, 1.54) is 0 Å². The summed E-state index contributed by atoms with van der Waals surface area (Å²) in [5.41, 5.74) is -0.498. The van der Waals surface area contributed by atoms with Crippen LogP contribution in [0.25, 0.3) is 0 Å². The number of hydrogen-bond donors (Lipinski definition) is 1. The third kappa shape index (κ3) is 5.93. The van der Waals surface area contributed by atoms with Gasteiger partial charge in [-0.25, -0.2) is 4.79 Å². The maximum Gasteiger partial charge on any atom is 0.410 e. The first kappa shape index (κ1) is 18.9. The van der Waals surface area contributed by atoms with Gasteiger partial charge in [-0.3, -0.25) is 0 Å². The van der Waals surface area contributed by atoms with Crippen LogP contribution >= 0.6 is 0 Å². The molecule has 6 nitrogen and oxygen atoms in total. The van der Waals surface area contributed by atoms with Gasteiger partial charge in [-0.2, -0.15) is 0 Å². The molecule has 6 heteroatoms. The van der Waals surface area contributed by atoms with Crippen LogP contribution in [0, 0.1) is 0 Å². The summed E-state index contributed by atoms with van der Waals surface area (Å²) in [6.07, 6.45) is 3.99. The van der Waals surface area contributed by atoms with Gasteiger partial charge in [0, 0.05) is 20.0 Å². The highest BCUT2D eigenvalue weighted by Crippen LogP contribution is 2.25. The zero-order chi connectivity index (χ0) is 16.8. The molecule has 2 atom stereocenters. The molecule has 0 spiro atoms. The Bertz CT molecular complexity index is 392. The predicted octanol–water partition coefficient (Wildman–Crippen LogP) is 2.59. The summed E-state index contributed by atoms with van der Waals surface area (Å²) in [6, 6.07) is -0.0206. The molecule has 1 N–H and O–H groups in total. The largest absolute Gasteiger partial charge is 0.444 e. The molecule has 1 heterocycles. The quantitative estimate of drug-likeness (QED) is 0.579. The lowest BCUT2D eigenvalue weighted by Crippen LogP contribution is -2.55. The summed E-state index contributed by atoms with van der Waals surface area (Å²) in [7, 11) is 1.71. The Morgan fingerprint density at radius 1 is 1.45 bits per heavy atom. The van der Waals surface area contributed by atoms with Crippen LogP contribution in [-0.2, 0) is 9.47 Å². The fraction of sp³-hybridized carbons (Fsp3) is 0.875. The van der Waals surface area contributed by atoms with Gasteiger partial charge in [-0.15, -0.1) is 0 Å². The average molecular weight is 314 g/mol. The average Bonchev–Trinajstić information content (AvgIpc) is 2.35. The highest BCUT2D eigenvalue weighted by Gasteiger charge is 2.37.